The molecule has 174 valence electrons. The molecule has 1 atom stereocenters. The number of pyridine rings is 2. The predicted octanol–water partition coefficient (Wildman–Crippen LogP) is 5.99. The third-order valence-electron chi connectivity index (χ3n) is 6.11. The second kappa shape index (κ2) is 12.3. The lowest BCUT2D eigenvalue weighted by molar-refractivity contribution is 0.410. The van der Waals surface area contributed by atoms with Crippen LogP contribution >= 0.6 is 0 Å². The standard InChI is InChI=1S/C27H41N5/c1-9-11-12-21(4)31(8)27-16-14-25(23(6)30-27)24(7)32(18-10-2)19-17-28-26-15-13-20(3)22(5)29-26/h9,13-16,21H,1,7,10-12,17-19H2,2-6,8H3,(H,28,29). The molecule has 0 saturated carbocycles. The van der Waals surface area contributed by atoms with Crippen LogP contribution in [0.1, 0.15) is 55.6 Å². The van der Waals surface area contributed by atoms with Crippen LogP contribution in [0.3, 0.4) is 0 Å². The van der Waals surface area contributed by atoms with Gasteiger partial charge in [0.25, 0.3) is 0 Å². The molecule has 0 aliphatic rings. The van der Waals surface area contributed by atoms with Crippen molar-refractivity contribution >= 4 is 17.3 Å². The van der Waals surface area contributed by atoms with Crippen molar-refractivity contribution in [3.8, 4) is 0 Å². The van der Waals surface area contributed by atoms with Gasteiger partial charge in [-0.1, -0.05) is 25.6 Å². The number of aromatic nitrogens is 2. The SMILES string of the molecule is C=CCCC(C)N(C)c1ccc(C(=C)N(CCC)CCNc2ccc(C)c(C)n2)c(C)n1. The predicted molar refractivity (Wildman–Crippen MR) is 139 cm³/mol. The molecular formula is C27H41N5. The van der Waals surface area contributed by atoms with E-state index in [1.165, 1.54) is 5.56 Å². The quantitative estimate of drug-likeness (QED) is 0.392. The van der Waals surface area contributed by atoms with Gasteiger partial charge in [-0.05, 0) is 70.7 Å². The van der Waals surface area contributed by atoms with Crippen LogP contribution in [0.5, 0.6) is 0 Å². The highest BCUT2D eigenvalue weighted by molar-refractivity contribution is 5.65. The van der Waals surface area contributed by atoms with Gasteiger partial charge in [0.15, 0.2) is 0 Å². The fourth-order valence-electron chi connectivity index (χ4n) is 3.70. The van der Waals surface area contributed by atoms with Gasteiger partial charge in [-0.3, -0.25) is 0 Å². The maximum absolute atomic E-state index is 4.90. The molecule has 0 fully saturated rings. The minimum absolute atomic E-state index is 0.413. The number of nitrogens with zero attached hydrogens (tertiary/aromatic N) is 4. The molecule has 0 aliphatic heterocycles. The molecule has 5 heteroatoms. The lowest BCUT2D eigenvalue weighted by Crippen LogP contribution is -2.30. The molecule has 0 amide bonds. The van der Waals surface area contributed by atoms with E-state index in [1.54, 1.807) is 0 Å². The van der Waals surface area contributed by atoms with Crippen LogP contribution in [0.15, 0.2) is 43.5 Å². The molecule has 0 saturated heterocycles. The fraction of sp³-hybridized carbons (Fsp3) is 0.481. The molecule has 1 N–H and O–H groups in total. The smallest absolute Gasteiger partial charge is 0.128 e. The highest BCUT2D eigenvalue weighted by atomic mass is 15.2. The van der Waals surface area contributed by atoms with Crippen molar-refractivity contribution < 1.29 is 0 Å². The van der Waals surface area contributed by atoms with Crippen LogP contribution in [0, 0.1) is 20.8 Å². The van der Waals surface area contributed by atoms with Crippen molar-refractivity contribution in [1.29, 1.82) is 0 Å². The lowest BCUT2D eigenvalue weighted by Gasteiger charge is -2.29. The molecule has 0 bridgehead atoms. The van der Waals surface area contributed by atoms with Crippen LogP contribution in [0.2, 0.25) is 0 Å². The van der Waals surface area contributed by atoms with E-state index in [1.807, 2.05) is 19.1 Å². The summed E-state index contributed by atoms with van der Waals surface area (Å²) in [5.74, 6) is 1.92. The normalized spacial score (nSPS) is 11.7. The molecular weight excluding hydrogens is 394 g/mol. The van der Waals surface area contributed by atoms with E-state index in [0.717, 1.165) is 73.2 Å². The third-order valence-corrected chi connectivity index (χ3v) is 6.11. The molecule has 0 aromatic carbocycles. The van der Waals surface area contributed by atoms with Gasteiger partial charge in [-0.15, -0.1) is 6.58 Å². The zero-order valence-corrected chi connectivity index (χ0v) is 20.9. The van der Waals surface area contributed by atoms with E-state index >= 15 is 0 Å². The molecule has 0 radical (unpaired) electrons. The minimum Gasteiger partial charge on any atom is -0.370 e. The Morgan fingerprint density at radius 3 is 2.47 bits per heavy atom. The zero-order valence-electron chi connectivity index (χ0n) is 20.9. The fourth-order valence-corrected chi connectivity index (χ4v) is 3.70. The number of nitrogens with one attached hydrogen (secondary N) is 1. The zero-order chi connectivity index (χ0) is 23.7. The number of hydrogen-bond donors (Lipinski definition) is 1. The highest BCUT2D eigenvalue weighted by Crippen LogP contribution is 2.24. The van der Waals surface area contributed by atoms with E-state index in [9.17, 15) is 0 Å². The average molecular weight is 436 g/mol. The van der Waals surface area contributed by atoms with Gasteiger partial charge in [-0.25, -0.2) is 9.97 Å². The summed E-state index contributed by atoms with van der Waals surface area (Å²) in [6.45, 7) is 21.5. The molecule has 2 aromatic rings. The second-order valence-electron chi connectivity index (χ2n) is 8.59. The van der Waals surface area contributed by atoms with Crippen LogP contribution in [-0.2, 0) is 0 Å². The van der Waals surface area contributed by atoms with Crippen LogP contribution < -0.4 is 10.2 Å². The van der Waals surface area contributed by atoms with Crippen LogP contribution in [0.25, 0.3) is 5.70 Å². The van der Waals surface area contributed by atoms with Crippen LogP contribution in [-0.4, -0.2) is 47.6 Å². The van der Waals surface area contributed by atoms with E-state index in [4.69, 9.17) is 4.98 Å². The van der Waals surface area contributed by atoms with Crippen LogP contribution in [0.4, 0.5) is 11.6 Å². The first-order valence-corrected chi connectivity index (χ1v) is 11.7. The van der Waals surface area contributed by atoms with Gasteiger partial charge in [0.2, 0.25) is 0 Å². The summed E-state index contributed by atoms with van der Waals surface area (Å²) in [5.41, 5.74) is 5.43. The Kier molecular flexibility index (Phi) is 9.76. The largest absolute Gasteiger partial charge is 0.370 e. The van der Waals surface area contributed by atoms with E-state index in [-0.39, 0.29) is 0 Å². The summed E-state index contributed by atoms with van der Waals surface area (Å²) in [6.07, 6.45) is 5.12. The van der Waals surface area contributed by atoms with Gasteiger partial charge >= 0.3 is 0 Å². The van der Waals surface area contributed by atoms with E-state index in [2.05, 4.69) is 86.2 Å². The number of rotatable bonds is 13. The topological polar surface area (TPSA) is 44.3 Å². The number of anilines is 2. The first kappa shape index (κ1) is 25.4. The third kappa shape index (κ3) is 6.84. The molecule has 0 spiro atoms. The monoisotopic (exact) mass is 435 g/mol. The van der Waals surface area contributed by atoms with Gasteiger partial charge in [0, 0.05) is 55.4 Å². The van der Waals surface area contributed by atoms with Gasteiger partial charge in [0.05, 0.1) is 0 Å². The molecule has 2 aromatic heterocycles. The van der Waals surface area contributed by atoms with Crippen molar-refractivity contribution in [1.82, 2.24) is 14.9 Å². The maximum atomic E-state index is 4.90. The molecule has 0 aliphatic carbocycles. The Labute approximate surface area is 195 Å². The second-order valence-corrected chi connectivity index (χ2v) is 8.59. The van der Waals surface area contributed by atoms with Gasteiger partial charge in [0.1, 0.15) is 11.6 Å². The number of aryl methyl sites for hydroxylation is 3. The number of hydrogen-bond acceptors (Lipinski definition) is 5. The Balaban J connectivity index is 2.06. The lowest BCUT2D eigenvalue weighted by atomic mass is 10.1. The molecule has 2 heterocycles. The first-order valence-electron chi connectivity index (χ1n) is 11.7. The summed E-state index contributed by atoms with van der Waals surface area (Å²) in [7, 11) is 2.11. The first-order chi connectivity index (χ1) is 15.3. The molecule has 1 unspecified atom stereocenters. The minimum atomic E-state index is 0.413. The summed E-state index contributed by atoms with van der Waals surface area (Å²) in [6, 6.07) is 8.84. The van der Waals surface area contributed by atoms with Crippen molar-refractivity contribution in [2.24, 2.45) is 0 Å². The average Bonchev–Trinajstić information content (AvgIpc) is 2.78. The van der Waals surface area contributed by atoms with Crippen molar-refractivity contribution in [3.05, 3.63) is 66.0 Å². The Morgan fingerprint density at radius 1 is 1.09 bits per heavy atom. The summed E-state index contributed by atoms with van der Waals surface area (Å²) < 4.78 is 0. The highest BCUT2D eigenvalue weighted by Gasteiger charge is 2.15. The summed E-state index contributed by atoms with van der Waals surface area (Å²) >= 11 is 0. The van der Waals surface area contributed by atoms with Crippen molar-refractivity contribution in [3.63, 3.8) is 0 Å². The van der Waals surface area contributed by atoms with Crippen molar-refractivity contribution in [2.45, 2.75) is 59.9 Å². The Morgan fingerprint density at radius 2 is 1.84 bits per heavy atom. The molecule has 5 nitrogen and oxygen atoms in total. The Hall–Kier alpha value is -2.82. The summed E-state index contributed by atoms with van der Waals surface area (Å²) in [5, 5.41) is 3.45. The summed E-state index contributed by atoms with van der Waals surface area (Å²) in [4.78, 5) is 14.1. The Bertz CT molecular complexity index is 905. The van der Waals surface area contributed by atoms with E-state index < -0.39 is 0 Å². The molecule has 2 rings (SSSR count). The van der Waals surface area contributed by atoms with Crippen molar-refractivity contribution in [2.75, 3.05) is 36.9 Å². The number of allylic oxidation sites excluding steroid dienone is 1. The van der Waals surface area contributed by atoms with E-state index in [0.29, 0.717) is 6.04 Å². The van der Waals surface area contributed by atoms with Gasteiger partial charge in [-0.2, -0.15) is 0 Å². The maximum Gasteiger partial charge on any atom is 0.128 e. The molecule has 32 heavy (non-hydrogen) atoms. The van der Waals surface area contributed by atoms with Gasteiger partial charge < -0.3 is 15.1 Å².